The van der Waals surface area contributed by atoms with Crippen LogP contribution in [0.25, 0.3) is 0 Å². The molecule has 0 radical (unpaired) electrons. The molecule has 2 rings (SSSR count). The van der Waals surface area contributed by atoms with Crippen LogP contribution in [0.15, 0.2) is 0 Å². The first-order valence-corrected chi connectivity index (χ1v) is 6.07. The minimum atomic E-state index is -2.87. The largest absolute Gasteiger partial charge is 0.476 e. The number of halogens is 2. The van der Waals surface area contributed by atoms with E-state index in [1.165, 1.54) is 0 Å². The molecule has 0 aromatic carbocycles. The average molecular weight is 259 g/mol. The Labute approximate surface area is 103 Å². The van der Waals surface area contributed by atoms with Crippen molar-refractivity contribution >= 4 is 5.97 Å². The van der Waals surface area contributed by atoms with Crippen molar-refractivity contribution in [2.24, 2.45) is 0 Å². The van der Waals surface area contributed by atoms with Crippen molar-refractivity contribution in [1.29, 1.82) is 0 Å². The Bertz CT molecular complexity index is 426. The van der Waals surface area contributed by atoms with Gasteiger partial charge in [-0.05, 0) is 12.8 Å². The van der Waals surface area contributed by atoms with Crippen LogP contribution in [0.3, 0.4) is 0 Å². The van der Waals surface area contributed by atoms with Gasteiger partial charge in [0.1, 0.15) is 5.69 Å². The van der Waals surface area contributed by atoms with Crippen LogP contribution >= 0.6 is 0 Å². The number of aromatic carboxylic acids is 1. The number of nitrogens with zero attached hydrogens (tertiary/aromatic N) is 3. The van der Waals surface area contributed by atoms with Gasteiger partial charge >= 0.3 is 5.97 Å². The van der Waals surface area contributed by atoms with Crippen LogP contribution in [0.2, 0.25) is 0 Å². The second kappa shape index (κ2) is 5.41. The number of carboxylic acids is 1. The fraction of sp³-hybridized carbons (Fsp3) is 0.727. The molecule has 0 atom stereocenters. The van der Waals surface area contributed by atoms with Crippen LogP contribution in [-0.2, 0) is 0 Å². The summed E-state index contributed by atoms with van der Waals surface area (Å²) in [5, 5.41) is 15.8. The summed E-state index contributed by atoms with van der Waals surface area (Å²) in [4.78, 5) is 10.8. The SMILES string of the molecule is O=C(O)c1nnn(C2CCCCCC2)c1C(F)F. The van der Waals surface area contributed by atoms with Gasteiger partial charge in [-0.2, -0.15) is 0 Å². The van der Waals surface area contributed by atoms with E-state index in [4.69, 9.17) is 5.11 Å². The third kappa shape index (κ3) is 2.49. The molecule has 100 valence electrons. The number of alkyl halides is 2. The van der Waals surface area contributed by atoms with Crippen molar-refractivity contribution in [3.05, 3.63) is 11.4 Å². The Morgan fingerprint density at radius 2 is 1.89 bits per heavy atom. The summed E-state index contributed by atoms with van der Waals surface area (Å²) in [6.07, 6.45) is 2.71. The lowest BCUT2D eigenvalue weighted by Gasteiger charge is -2.16. The summed E-state index contributed by atoms with van der Waals surface area (Å²) in [6.45, 7) is 0. The first-order valence-electron chi connectivity index (χ1n) is 6.07. The highest BCUT2D eigenvalue weighted by Gasteiger charge is 2.29. The summed E-state index contributed by atoms with van der Waals surface area (Å²) in [5.41, 5.74) is -1.19. The molecule has 18 heavy (non-hydrogen) atoms. The standard InChI is InChI=1S/C11H15F2N3O2/c12-10(13)9-8(11(17)18)14-15-16(9)7-5-3-1-2-4-6-7/h7,10H,1-6H2,(H,17,18). The highest BCUT2D eigenvalue weighted by Crippen LogP contribution is 2.31. The molecule has 0 amide bonds. The molecule has 0 spiro atoms. The molecule has 0 unspecified atom stereocenters. The van der Waals surface area contributed by atoms with Crippen molar-refractivity contribution in [2.75, 3.05) is 0 Å². The number of hydrogen-bond acceptors (Lipinski definition) is 3. The number of rotatable bonds is 3. The molecule has 1 aliphatic carbocycles. The first-order chi connectivity index (χ1) is 8.61. The van der Waals surface area contributed by atoms with E-state index in [1.807, 2.05) is 0 Å². The normalized spacial score (nSPS) is 17.9. The van der Waals surface area contributed by atoms with E-state index < -0.39 is 23.8 Å². The number of carbonyl (C=O) groups is 1. The zero-order chi connectivity index (χ0) is 13.1. The molecule has 7 heteroatoms. The number of aromatic nitrogens is 3. The second-order valence-corrected chi connectivity index (χ2v) is 4.52. The van der Waals surface area contributed by atoms with Crippen LogP contribution < -0.4 is 0 Å². The minimum Gasteiger partial charge on any atom is -0.476 e. The number of carboxylic acid groups (broad SMARTS) is 1. The van der Waals surface area contributed by atoms with Gasteiger partial charge in [-0.3, -0.25) is 0 Å². The summed E-state index contributed by atoms with van der Waals surface area (Å²) in [5.74, 6) is -1.45. The van der Waals surface area contributed by atoms with Crippen molar-refractivity contribution < 1.29 is 18.7 Å². The van der Waals surface area contributed by atoms with Crippen molar-refractivity contribution in [1.82, 2.24) is 15.0 Å². The third-order valence-corrected chi connectivity index (χ3v) is 3.31. The van der Waals surface area contributed by atoms with E-state index in [0.717, 1.165) is 43.2 Å². The highest BCUT2D eigenvalue weighted by atomic mass is 19.3. The van der Waals surface area contributed by atoms with Gasteiger partial charge in [0, 0.05) is 0 Å². The van der Waals surface area contributed by atoms with Crippen LogP contribution in [0.1, 0.15) is 67.2 Å². The van der Waals surface area contributed by atoms with Gasteiger partial charge in [0.25, 0.3) is 6.43 Å². The Kier molecular flexibility index (Phi) is 3.88. The molecule has 1 N–H and O–H groups in total. The van der Waals surface area contributed by atoms with Gasteiger partial charge < -0.3 is 5.11 Å². The number of hydrogen-bond donors (Lipinski definition) is 1. The van der Waals surface area contributed by atoms with Crippen molar-refractivity contribution in [3.63, 3.8) is 0 Å². The Morgan fingerprint density at radius 3 is 2.39 bits per heavy atom. The third-order valence-electron chi connectivity index (χ3n) is 3.31. The zero-order valence-corrected chi connectivity index (χ0v) is 9.85. The molecule has 1 aromatic rings. The highest BCUT2D eigenvalue weighted by molar-refractivity contribution is 5.86. The lowest BCUT2D eigenvalue weighted by atomic mass is 10.1. The molecule has 0 aliphatic heterocycles. The second-order valence-electron chi connectivity index (χ2n) is 4.52. The predicted octanol–water partition coefficient (Wildman–Crippen LogP) is 2.81. The summed E-state index contributed by atoms with van der Waals surface area (Å²) >= 11 is 0. The monoisotopic (exact) mass is 259 g/mol. The lowest BCUT2D eigenvalue weighted by Crippen LogP contribution is -2.15. The smallest absolute Gasteiger partial charge is 0.358 e. The van der Waals surface area contributed by atoms with Gasteiger partial charge in [0.05, 0.1) is 6.04 Å². The quantitative estimate of drug-likeness (QED) is 0.847. The summed E-state index contributed by atoms with van der Waals surface area (Å²) in [7, 11) is 0. The summed E-state index contributed by atoms with van der Waals surface area (Å²) in [6, 6.07) is -0.155. The van der Waals surface area contributed by atoms with Gasteiger partial charge in [-0.15, -0.1) is 5.10 Å². The molecule has 0 saturated heterocycles. The molecule has 0 bridgehead atoms. The Morgan fingerprint density at radius 1 is 1.28 bits per heavy atom. The van der Waals surface area contributed by atoms with E-state index in [0.29, 0.717) is 0 Å². The van der Waals surface area contributed by atoms with Crippen LogP contribution in [0.5, 0.6) is 0 Å². The van der Waals surface area contributed by atoms with Gasteiger partial charge in [0.15, 0.2) is 5.69 Å². The molecule has 1 fully saturated rings. The molecule has 1 aromatic heterocycles. The molecule has 5 nitrogen and oxygen atoms in total. The Balaban J connectivity index is 2.34. The van der Waals surface area contributed by atoms with E-state index in [2.05, 4.69) is 10.3 Å². The fourth-order valence-corrected chi connectivity index (χ4v) is 2.43. The van der Waals surface area contributed by atoms with Gasteiger partial charge in [-0.25, -0.2) is 18.3 Å². The van der Waals surface area contributed by atoms with Crippen LogP contribution in [0.4, 0.5) is 8.78 Å². The summed E-state index contributed by atoms with van der Waals surface area (Å²) < 4.78 is 27.1. The van der Waals surface area contributed by atoms with Crippen LogP contribution in [-0.4, -0.2) is 26.1 Å². The lowest BCUT2D eigenvalue weighted by molar-refractivity contribution is 0.0675. The van der Waals surface area contributed by atoms with E-state index in [1.54, 1.807) is 0 Å². The molecule has 1 aliphatic rings. The predicted molar refractivity (Wildman–Crippen MR) is 58.7 cm³/mol. The first kappa shape index (κ1) is 12.9. The minimum absolute atomic E-state index is 0.155. The fourth-order valence-electron chi connectivity index (χ4n) is 2.43. The van der Waals surface area contributed by atoms with E-state index in [9.17, 15) is 13.6 Å². The molecule has 1 heterocycles. The van der Waals surface area contributed by atoms with Crippen molar-refractivity contribution in [2.45, 2.75) is 51.0 Å². The van der Waals surface area contributed by atoms with E-state index >= 15 is 0 Å². The average Bonchev–Trinajstić information content (AvgIpc) is 2.59. The van der Waals surface area contributed by atoms with Gasteiger partial charge in [-0.1, -0.05) is 30.9 Å². The molecular formula is C11H15F2N3O2. The maximum Gasteiger partial charge on any atom is 0.358 e. The topological polar surface area (TPSA) is 68.0 Å². The van der Waals surface area contributed by atoms with Gasteiger partial charge in [0.2, 0.25) is 0 Å². The molecule has 1 saturated carbocycles. The zero-order valence-electron chi connectivity index (χ0n) is 9.85. The van der Waals surface area contributed by atoms with E-state index in [-0.39, 0.29) is 6.04 Å². The molecular weight excluding hydrogens is 244 g/mol. The maximum atomic E-state index is 13.0. The van der Waals surface area contributed by atoms with Crippen molar-refractivity contribution in [3.8, 4) is 0 Å². The Hall–Kier alpha value is -1.53. The van der Waals surface area contributed by atoms with Crippen LogP contribution in [0, 0.1) is 0 Å². The maximum absolute atomic E-state index is 13.0.